The molecule has 1 saturated heterocycles. The van der Waals surface area contributed by atoms with Crippen molar-refractivity contribution in [1.29, 1.82) is 0 Å². The topological polar surface area (TPSA) is 107 Å². The average Bonchev–Trinajstić information content (AvgIpc) is 3.31. The highest BCUT2D eigenvalue weighted by Crippen LogP contribution is 2.29. The van der Waals surface area contributed by atoms with Crippen molar-refractivity contribution in [2.45, 2.75) is 50.6 Å². The van der Waals surface area contributed by atoms with E-state index < -0.39 is 0 Å². The van der Waals surface area contributed by atoms with Gasteiger partial charge in [-0.15, -0.1) is 10.2 Å². The van der Waals surface area contributed by atoms with Gasteiger partial charge in [-0.1, -0.05) is 25.6 Å². The van der Waals surface area contributed by atoms with E-state index in [4.69, 9.17) is 10.2 Å². The summed E-state index contributed by atoms with van der Waals surface area (Å²) in [4.78, 5) is 26.0. The van der Waals surface area contributed by atoms with E-state index in [0.717, 1.165) is 6.54 Å². The Kier molecular flexibility index (Phi) is 6.43. The van der Waals surface area contributed by atoms with E-state index in [-0.39, 0.29) is 23.0 Å². The van der Waals surface area contributed by atoms with Gasteiger partial charge in [0.25, 0.3) is 0 Å². The number of carbonyl (C=O) groups excluding carboxylic acids is 2. The summed E-state index contributed by atoms with van der Waals surface area (Å²) in [6.45, 7) is 7.99. The smallest absolute Gasteiger partial charge is 0.235 e. The molecule has 8 nitrogen and oxygen atoms in total. The molecular formula is C19H27N5O3S. The first kappa shape index (κ1) is 20.4. The van der Waals surface area contributed by atoms with Crippen LogP contribution in [0.15, 0.2) is 28.0 Å². The fourth-order valence-electron chi connectivity index (χ4n) is 3.34. The van der Waals surface area contributed by atoms with Gasteiger partial charge in [0, 0.05) is 25.6 Å². The predicted octanol–water partition coefficient (Wildman–Crippen LogP) is 2.40. The molecular weight excluding hydrogens is 378 g/mol. The molecule has 0 radical (unpaired) electrons. The highest BCUT2D eigenvalue weighted by Gasteiger charge is 2.30. The first-order valence-electron chi connectivity index (χ1n) is 9.58. The minimum Gasteiger partial charge on any atom is -0.461 e. The standard InChI is InChI=1S/C19H27N5O3S/c1-12(2)11-24-17(15-5-4-10-27-15)21-22-19(24)28-13(3)18(26)23-8-6-14(7-9-23)16(20)25/h4-5,10,12-14H,6-9,11H2,1-3H3,(H2,20,25). The zero-order valence-corrected chi connectivity index (χ0v) is 17.3. The van der Waals surface area contributed by atoms with Crippen molar-refractivity contribution in [1.82, 2.24) is 19.7 Å². The Hall–Kier alpha value is -2.29. The number of furan rings is 1. The minimum absolute atomic E-state index is 0.0477. The molecule has 28 heavy (non-hydrogen) atoms. The van der Waals surface area contributed by atoms with E-state index in [1.165, 1.54) is 11.8 Å². The number of rotatable bonds is 7. The normalized spacial score (nSPS) is 16.5. The maximum Gasteiger partial charge on any atom is 0.235 e. The number of hydrogen-bond donors (Lipinski definition) is 1. The fourth-order valence-corrected chi connectivity index (χ4v) is 4.29. The number of amides is 2. The zero-order chi connectivity index (χ0) is 20.3. The van der Waals surface area contributed by atoms with Crippen LogP contribution >= 0.6 is 11.8 Å². The van der Waals surface area contributed by atoms with Gasteiger partial charge in [0.2, 0.25) is 11.8 Å². The molecule has 0 aliphatic carbocycles. The van der Waals surface area contributed by atoms with Crippen molar-refractivity contribution in [3.63, 3.8) is 0 Å². The minimum atomic E-state index is -0.301. The van der Waals surface area contributed by atoms with Crippen LogP contribution in [0.1, 0.15) is 33.6 Å². The Morgan fingerprint density at radius 3 is 2.57 bits per heavy atom. The molecule has 1 aliphatic rings. The zero-order valence-electron chi connectivity index (χ0n) is 16.5. The Morgan fingerprint density at radius 1 is 1.29 bits per heavy atom. The molecule has 0 bridgehead atoms. The molecule has 152 valence electrons. The summed E-state index contributed by atoms with van der Waals surface area (Å²) < 4.78 is 7.50. The molecule has 9 heteroatoms. The van der Waals surface area contributed by atoms with Crippen molar-refractivity contribution in [2.75, 3.05) is 13.1 Å². The average molecular weight is 406 g/mol. The van der Waals surface area contributed by atoms with Crippen molar-refractivity contribution in [2.24, 2.45) is 17.6 Å². The molecule has 2 aromatic rings. The molecule has 1 fully saturated rings. The third-order valence-corrected chi connectivity index (χ3v) is 5.91. The molecule has 1 unspecified atom stereocenters. The lowest BCUT2D eigenvalue weighted by atomic mass is 9.96. The van der Waals surface area contributed by atoms with Gasteiger partial charge in [-0.2, -0.15) is 0 Å². The van der Waals surface area contributed by atoms with Gasteiger partial charge >= 0.3 is 0 Å². The summed E-state index contributed by atoms with van der Waals surface area (Å²) in [5.41, 5.74) is 5.38. The number of nitrogens with two attached hydrogens (primary N) is 1. The monoisotopic (exact) mass is 405 g/mol. The van der Waals surface area contributed by atoms with Crippen LogP contribution in [-0.2, 0) is 16.1 Å². The van der Waals surface area contributed by atoms with Gasteiger partial charge in [-0.25, -0.2) is 0 Å². The molecule has 0 spiro atoms. The molecule has 0 aromatic carbocycles. The van der Waals surface area contributed by atoms with E-state index >= 15 is 0 Å². The van der Waals surface area contributed by atoms with E-state index in [0.29, 0.717) is 48.6 Å². The molecule has 2 aromatic heterocycles. The highest BCUT2D eigenvalue weighted by molar-refractivity contribution is 8.00. The Morgan fingerprint density at radius 2 is 2.00 bits per heavy atom. The van der Waals surface area contributed by atoms with Crippen molar-refractivity contribution < 1.29 is 14.0 Å². The molecule has 1 atom stereocenters. The lowest BCUT2D eigenvalue weighted by Crippen LogP contribution is -2.44. The van der Waals surface area contributed by atoms with Crippen LogP contribution in [-0.4, -0.2) is 49.8 Å². The van der Waals surface area contributed by atoms with Gasteiger partial charge in [0.05, 0.1) is 11.5 Å². The predicted molar refractivity (Wildman–Crippen MR) is 106 cm³/mol. The molecule has 2 N–H and O–H groups in total. The fraction of sp³-hybridized carbons (Fsp3) is 0.579. The van der Waals surface area contributed by atoms with E-state index in [1.54, 1.807) is 6.26 Å². The summed E-state index contributed by atoms with van der Waals surface area (Å²) in [7, 11) is 0. The molecule has 2 amide bonds. The van der Waals surface area contributed by atoms with Crippen LogP contribution < -0.4 is 5.73 Å². The van der Waals surface area contributed by atoms with E-state index in [9.17, 15) is 9.59 Å². The van der Waals surface area contributed by atoms with Gasteiger partial charge in [-0.05, 0) is 37.8 Å². The van der Waals surface area contributed by atoms with Crippen LogP contribution in [0, 0.1) is 11.8 Å². The SMILES string of the molecule is CC(C)Cn1c(SC(C)C(=O)N2CCC(C(N)=O)CC2)nnc1-c1ccco1. The van der Waals surface area contributed by atoms with E-state index in [2.05, 4.69) is 24.0 Å². The summed E-state index contributed by atoms with van der Waals surface area (Å²) in [5, 5.41) is 9.00. The lowest BCUT2D eigenvalue weighted by Gasteiger charge is -2.32. The Balaban J connectivity index is 1.70. The molecule has 3 heterocycles. The molecule has 0 saturated carbocycles. The van der Waals surface area contributed by atoms with Crippen LogP contribution in [0.5, 0.6) is 0 Å². The summed E-state index contributed by atoms with van der Waals surface area (Å²) in [6, 6.07) is 3.67. The van der Waals surface area contributed by atoms with Crippen LogP contribution in [0.2, 0.25) is 0 Å². The number of hydrogen-bond acceptors (Lipinski definition) is 6. The first-order valence-corrected chi connectivity index (χ1v) is 10.5. The van der Waals surface area contributed by atoms with Crippen LogP contribution in [0.4, 0.5) is 0 Å². The number of piperidine rings is 1. The number of primary amides is 1. The number of aromatic nitrogens is 3. The maximum atomic E-state index is 12.9. The second kappa shape index (κ2) is 8.81. The number of carbonyl (C=O) groups is 2. The highest BCUT2D eigenvalue weighted by atomic mass is 32.2. The van der Waals surface area contributed by atoms with Crippen molar-refractivity contribution >= 4 is 23.6 Å². The maximum absolute atomic E-state index is 12.9. The summed E-state index contributed by atoms with van der Waals surface area (Å²) >= 11 is 1.40. The Labute approximate surface area is 168 Å². The quantitative estimate of drug-likeness (QED) is 0.709. The van der Waals surface area contributed by atoms with Crippen LogP contribution in [0.25, 0.3) is 11.6 Å². The second-order valence-corrected chi connectivity index (χ2v) is 8.86. The number of thioether (sulfide) groups is 1. The van der Waals surface area contributed by atoms with E-state index in [1.807, 2.05) is 28.5 Å². The first-order chi connectivity index (χ1) is 13.4. The van der Waals surface area contributed by atoms with Crippen LogP contribution in [0.3, 0.4) is 0 Å². The summed E-state index contributed by atoms with van der Waals surface area (Å²) in [5.74, 6) is 1.36. The number of likely N-dealkylation sites (tertiary alicyclic amines) is 1. The van der Waals surface area contributed by atoms with Gasteiger partial charge in [-0.3, -0.25) is 14.2 Å². The third kappa shape index (κ3) is 4.57. The van der Waals surface area contributed by atoms with Gasteiger partial charge in [0.1, 0.15) is 0 Å². The molecule has 3 rings (SSSR count). The van der Waals surface area contributed by atoms with Gasteiger partial charge in [0.15, 0.2) is 16.7 Å². The summed E-state index contributed by atoms with van der Waals surface area (Å²) in [6.07, 6.45) is 2.87. The molecule has 1 aliphatic heterocycles. The third-order valence-electron chi connectivity index (χ3n) is 4.85. The van der Waals surface area contributed by atoms with Crippen molar-refractivity contribution in [3.8, 4) is 11.6 Å². The number of nitrogens with zero attached hydrogens (tertiary/aromatic N) is 4. The lowest BCUT2D eigenvalue weighted by molar-refractivity contribution is -0.134. The largest absolute Gasteiger partial charge is 0.461 e. The van der Waals surface area contributed by atoms with Crippen molar-refractivity contribution in [3.05, 3.63) is 18.4 Å². The second-order valence-electron chi connectivity index (χ2n) is 7.55. The Bertz CT molecular complexity index is 810. The van der Waals surface area contributed by atoms with Gasteiger partial charge < -0.3 is 15.1 Å².